The molecule has 1 aromatic rings. The largest absolute Gasteiger partial charge is 0.396 e. The third-order valence-electron chi connectivity index (χ3n) is 3.15. The van der Waals surface area contributed by atoms with Crippen LogP contribution < -0.4 is 0 Å². The zero-order chi connectivity index (χ0) is 13.0. The van der Waals surface area contributed by atoms with Crippen molar-refractivity contribution >= 4 is 0 Å². The molecule has 0 atom stereocenters. The van der Waals surface area contributed by atoms with Crippen molar-refractivity contribution in [2.24, 2.45) is 5.41 Å². The van der Waals surface area contributed by atoms with Crippen molar-refractivity contribution in [2.45, 2.75) is 39.5 Å². The number of hydrogen-bond donors (Lipinski definition) is 2. The van der Waals surface area contributed by atoms with E-state index < -0.39 is 0 Å². The smallest absolute Gasteiger partial charge is 0.0509 e. The maximum atomic E-state index is 9.04. The zero-order valence-corrected chi connectivity index (χ0v) is 11.1. The molecule has 2 heteroatoms. The molecule has 0 aliphatic carbocycles. The second kappa shape index (κ2) is 10.3. The fourth-order valence-electron chi connectivity index (χ4n) is 1.55. The van der Waals surface area contributed by atoms with Gasteiger partial charge in [0.05, 0.1) is 13.2 Å². The van der Waals surface area contributed by atoms with Crippen molar-refractivity contribution in [3.8, 4) is 0 Å². The standard InChI is InChI=1S/C9H20O2.C6H6/c1-3-5-6-9(4-2,7-10)8-11;1-2-4-6-5-3-1/h10-11H,3-8H2,1-2H3;1-6H. The van der Waals surface area contributed by atoms with Crippen LogP contribution in [0.3, 0.4) is 0 Å². The molecule has 1 rings (SSSR count). The summed E-state index contributed by atoms with van der Waals surface area (Å²) in [6, 6.07) is 12.0. The molecule has 0 bridgehead atoms. The second-order valence-electron chi connectivity index (χ2n) is 4.43. The van der Waals surface area contributed by atoms with Gasteiger partial charge in [0.25, 0.3) is 0 Å². The molecule has 0 unspecified atom stereocenters. The third kappa shape index (κ3) is 7.14. The Morgan fingerprint density at radius 3 is 1.47 bits per heavy atom. The molecule has 0 radical (unpaired) electrons. The molecule has 17 heavy (non-hydrogen) atoms. The number of unbranched alkanes of at least 4 members (excludes halogenated alkanes) is 1. The number of rotatable bonds is 6. The predicted octanol–water partition coefficient (Wildman–Crippen LogP) is 3.24. The van der Waals surface area contributed by atoms with E-state index in [1.165, 1.54) is 0 Å². The molecule has 2 N–H and O–H groups in total. The molecule has 0 aliphatic rings. The molecule has 2 nitrogen and oxygen atoms in total. The van der Waals surface area contributed by atoms with E-state index in [9.17, 15) is 0 Å². The summed E-state index contributed by atoms with van der Waals surface area (Å²) in [6.07, 6.45) is 4.02. The van der Waals surface area contributed by atoms with E-state index >= 15 is 0 Å². The molecule has 98 valence electrons. The minimum absolute atomic E-state index is 0.111. The predicted molar refractivity (Wildman–Crippen MR) is 72.9 cm³/mol. The normalized spacial score (nSPS) is 10.6. The highest BCUT2D eigenvalue weighted by Gasteiger charge is 2.25. The van der Waals surface area contributed by atoms with Gasteiger partial charge in [-0.15, -0.1) is 0 Å². The molecule has 0 fully saturated rings. The van der Waals surface area contributed by atoms with Gasteiger partial charge in [-0.25, -0.2) is 0 Å². The first kappa shape index (κ1) is 16.1. The summed E-state index contributed by atoms with van der Waals surface area (Å²) < 4.78 is 0. The van der Waals surface area contributed by atoms with Gasteiger partial charge in [-0.3, -0.25) is 0 Å². The molecule has 0 saturated heterocycles. The lowest BCUT2D eigenvalue weighted by molar-refractivity contribution is 0.0420. The van der Waals surface area contributed by atoms with Gasteiger partial charge in [0.15, 0.2) is 0 Å². The Labute approximate surface area is 105 Å². The van der Waals surface area contributed by atoms with Gasteiger partial charge in [-0.1, -0.05) is 63.1 Å². The quantitative estimate of drug-likeness (QED) is 0.798. The number of hydrogen-bond acceptors (Lipinski definition) is 2. The monoisotopic (exact) mass is 238 g/mol. The van der Waals surface area contributed by atoms with Gasteiger partial charge < -0.3 is 10.2 Å². The van der Waals surface area contributed by atoms with Gasteiger partial charge in [-0.2, -0.15) is 0 Å². The fraction of sp³-hybridized carbons (Fsp3) is 0.600. The first-order valence-electron chi connectivity index (χ1n) is 6.46. The first-order chi connectivity index (χ1) is 8.24. The van der Waals surface area contributed by atoms with Gasteiger partial charge >= 0.3 is 0 Å². The van der Waals surface area contributed by atoms with Crippen molar-refractivity contribution in [3.05, 3.63) is 36.4 Å². The Morgan fingerprint density at radius 1 is 0.824 bits per heavy atom. The van der Waals surface area contributed by atoms with Gasteiger partial charge in [0.2, 0.25) is 0 Å². The Bertz CT molecular complexity index is 207. The third-order valence-corrected chi connectivity index (χ3v) is 3.15. The average Bonchev–Trinajstić information content (AvgIpc) is 2.44. The van der Waals surface area contributed by atoms with Crippen LogP contribution in [0.15, 0.2) is 36.4 Å². The highest BCUT2D eigenvalue weighted by atomic mass is 16.3. The molecular weight excluding hydrogens is 212 g/mol. The molecular formula is C15H26O2. The Morgan fingerprint density at radius 2 is 1.24 bits per heavy atom. The van der Waals surface area contributed by atoms with Crippen LogP contribution in [-0.4, -0.2) is 23.4 Å². The number of aliphatic hydroxyl groups excluding tert-OH is 2. The molecule has 0 aliphatic heterocycles. The van der Waals surface area contributed by atoms with Crippen LogP contribution in [0.5, 0.6) is 0 Å². The summed E-state index contributed by atoms with van der Waals surface area (Å²) in [5.74, 6) is 0. The van der Waals surface area contributed by atoms with Crippen LogP contribution in [0.25, 0.3) is 0 Å². The van der Waals surface area contributed by atoms with E-state index in [0.717, 1.165) is 25.7 Å². The van der Waals surface area contributed by atoms with E-state index in [2.05, 4.69) is 6.92 Å². The van der Waals surface area contributed by atoms with Crippen LogP contribution >= 0.6 is 0 Å². The lowest BCUT2D eigenvalue weighted by atomic mass is 9.82. The van der Waals surface area contributed by atoms with E-state index in [1.54, 1.807) is 0 Å². The maximum Gasteiger partial charge on any atom is 0.0509 e. The summed E-state index contributed by atoms with van der Waals surface area (Å²) in [4.78, 5) is 0. The van der Waals surface area contributed by atoms with Crippen molar-refractivity contribution in [2.75, 3.05) is 13.2 Å². The van der Waals surface area contributed by atoms with Crippen LogP contribution in [0.4, 0.5) is 0 Å². The van der Waals surface area contributed by atoms with Gasteiger partial charge in [0, 0.05) is 5.41 Å². The van der Waals surface area contributed by atoms with E-state index in [-0.39, 0.29) is 18.6 Å². The minimum Gasteiger partial charge on any atom is -0.396 e. The Hall–Kier alpha value is -0.860. The number of benzene rings is 1. The van der Waals surface area contributed by atoms with Crippen molar-refractivity contribution in [1.82, 2.24) is 0 Å². The fourth-order valence-corrected chi connectivity index (χ4v) is 1.55. The molecule has 0 spiro atoms. The van der Waals surface area contributed by atoms with Gasteiger partial charge in [0.1, 0.15) is 0 Å². The van der Waals surface area contributed by atoms with E-state index in [0.29, 0.717) is 0 Å². The topological polar surface area (TPSA) is 40.5 Å². The zero-order valence-electron chi connectivity index (χ0n) is 11.1. The lowest BCUT2D eigenvalue weighted by Crippen LogP contribution is -2.28. The van der Waals surface area contributed by atoms with Crippen molar-refractivity contribution in [3.63, 3.8) is 0 Å². The summed E-state index contributed by atoms with van der Waals surface area (Å²) in [7, 11) is 0. The first-order valence-corrected chi connectivity index (χ1v) is 6.46. The van der Waals surface area contributed by atoms with Crippen LogP contribution in [-0.2, 0) is 0 Å². The molecule has 0 aromatic heterocycles. The minimum atomic E-state index is -0.212. The van der Waals surface area contributed by atoms with Crippen LogP contribution in [0.1, 0.15) is 39.5 Å². The maximum absolute atomic E-state index is 9.04. The van der Waals surface area contributed by atoms with Crippen LogP contribution in [0, 0.1) is 5.41 Å². The second-order valence-corrected chi connectivity index (χ2v) is 4.43. The lowest BCUT2D eigenvalue weighted by Gasteiger charge is -2.27. The molecule has 0 amide bonds. The average molecular weight is 238 g/mol. The van der Waals surface area contributed by atoms with Crippen LogP contribution in [0.2, 0.25) is 0 Å². The highest BCUT2D eigenvalue weighted by molar-refractivity contribution is 4.99. The van der Waals surface area contributed by atoms with Crippen molar-refractivity contribution in [1.29, 1.82) is 0 Å². The summed E-state index contributed by atoms with van der Waals surface area (Å²) in [5.41, 5.74) is -0.212. The highest BCUT2D eigenvalue weighted by Crippen LogP contribution is 2.27. The molecule has 0 saturated carbocycles. The van der Waals surface area contributed by atoms with E-state index in [4.69, 9.17) is 10.2 Å². The summed E-state index contributed by atoms with van der Waals surface area (Å²) in [6.45, 7) is 4.36. The Balaban J connectivity index is 0.000000354. The van der Waals surface area contributed by atoms with Crippen molar-refractivity contribution < 1.29 is 10.2 Å². The van der Waals surface area contributed by atoms with Gasteiger partial charge in [-0.05, 0) is 12.8 Å². The number of aliphatic hydroxyl groups is 2. The summed E-state index contributed by atoms with van der Waals surface area (Å²) >= 11 is 0. The van der Waals surface area contributed by atoms with E-state index in [1.807, 2.05) is 43.3 Å². The SMILES string of the molecule is CCCCC(CC)(CO)CO.c1ccccc1. The molecule has 1 aromatic carbocycles. The molecule has 0 heterocycles. The Kier molecular flexibility index (Phi) is 9.78. The summed E-state index contributed by atoms with van der Waals surface area (Å²) in [5, 5.41) is 18.1.